The third-order valence-corrected chi connectivity index (χ3v) is 3.85. The average Bonchev–Trinajstić information content (AvgIpc) is 2.97. The van der Waals surface area contributed by atoms with Gasteiger partial charge in [0.1, 0.15) is 0 Å². The summed E-state index contributed by atoms with van der Waals surface area (Å²) in [5, 5.41) is 7.55. The highest BCUT2D eigenvalue weighted by molar-refractivity contribution is 9.10. The predicted octanol–water partition coefficient (Wildman–Crippen LogP) is 3.32. The van der Waals surface area contributed by atoms with Crippen molar-refractivity contribution >= 4 is 27.3 Å². The average molecular weight is 331 g/mol. The van der Waals surface area contributed by atoms with E-state index in [1.165, 1.54) is 0 Å². The first kappa shape index (κ1) is 13.1. The number of hydrogen-bond donors (Lipinski definition) is 2. The van der Waals surface area contributed by atoms with Gasteiger partial charge in [-0.05, 0) is 29.8 Å². The van der Waals surface area contributed by atoms with Crippen LogP contribution in [0.3, 0.4) is 0 Å². The predicted molar refractivity (Wildman–Crippen MR) is 85.0 cm³/mol. The number of nitrogens with one attached hydrogen (secondary N) is 2. The summed E-state index contributed by atoms with van der Waals surface area (Å²) in [6, 6.07) is 12.4. The number of aromatic nitrogens is 1. The van der Waals surface area contributed by atoms with Crippen LogP contribution in [0, 0.1) is 0 Å². The van der Waals surface area contributed by atoms with Crippen molar-refractivity contribution in [3.05, 3.63) is 58.3 Å². The van der Waals surface area contributed by atoms with Crippen LogP contribution in [0.15, 0.2) is 52.2 Å². The third-order valence-electron chi connectivity index (χ3n) is 3.36. The monoisotopic (exact) mass is 330 g/mol. The molecular formula is C15H15BrN4. The summed E-state index contributed by atoms with van der Waals surface area (Å²) in [5.41, 5.74) is 7.49. The molecular weight excluding hydrogens is 316 g/mol. The van der Waals surface area contributed by atoms with Gasteiger partial charge in [0.05, 0.1) is 17.4 Å². The molecule has 1 atom stereocenters. The number of rotatable bonds is 3. The molecule has 5 heteroatoms. The van der Waals surface area contributed by atoms with Crippen molar-refractivity contribution in [1.82, 2.24) is 10.4 Å². The molecule has 3 rings (SSSR count). The molecule has 20 heavy (non-hydrogen) atoms. The van der Waals surface area contributed by atoms with Crippen molar-refractivity contribution < 1.29 is 0 Å². The maximum Gasteiger partial charge on any atom is 0.0916 e. The zero-order valence-corrected chi connectivity index (χ0v) is 12.7. The van der Waals surface area contributed by atoms with E-state index in [1.54, 1.807) is 6.20 Å². The molecule has 1 aliphatic rings. The van der Waals surface area contributed by atoms with E-state index in [2.05, 4.69) is 61.0 Å². The summed E-state index contributed by atoms with van der Waals surface area (Å²) in [5.74, 6) is 0. The second-order valence-electron chi connectivity index (χ2n) is 4.67. The Morgan fingerprint density at radius 3 is 2.75 bits per heavy atom. The summed E-state index contributed by atoms with van der Waals surface area (Å²) in [4.78, 5) is 4.40. The smallest absolute Gasteiger partial charge is 0.0916 e. The molecule has 0 saturated carbocycles. The molecule has 2 heterocycles. The summed E-state index contributed by atoms with van der Waals surface area (Å²) in [6.45, 7) is 0. The molecule has 0 bridgehead atoms. The van der Waals surface area contributed by atoms with Crippen LogP contribution >= 0.6 is 15.9 Å². The lowest BCUT2D eigenvalue weighted by Crippen LogP contribution is -2.11. The van der Waals surface area contributed by atoms with Crippen molar-refractivity contribution in [1.29, 1.82) is 0 Å². The maximum atomic E-state index is 4.44. The lowest BCUT2D eigenvalue weighted by Gasteiger charge is -2.09. The first-order valence-corrected chi connectivity index (χ1v) is 7.27. The first-order valence-electron chi connectivity index (χ1n) is 6.48. The highest BCUT2D eigenvalue weighted by Crippen LogP contribution is 2.25. The van der Waals surface area contributed by atoms with Gasteiger partial charge in [0.25, 0.3) is 0 Å². The SMILES string of the molecule is CNc1ccc(C2=NNC(c3cc(Br)ccn3)C2)cc1. The van der Waals surface area contributed by atoms with Gasteiger partial charge in [-0.25, -0.2) is 0 Å². The Labute approximate surface area is 126 Å². The zero-order valence-electron chi connectivity index (χ0n) is 11.1. The Bertz CT molecular complexity index is 637. The molecule has 2 aromatic rings. The summed E-state index contributed by atoms with van der Waals surface area (Å²) in [6.07, 6.45) is 2.66. The molecule has 1 aromatic heterocycles. The van der Waals surface area contributed by atoms with Crippen LogP contribution in [0.5, 0.6) is 0 Å². The van der Waals surface area contributed by atoms with Gasteiger partial charge in [-0.15, -0.1) is 0 Å². The van der Waals surface area contributed by atoms with Gasteiger partial charge >= 0.3 is 0 Å². The van der Waals surface area contributed by atoms with E-state index in [4.69, 9.17) is 0 Å². The highest BCUT2D eigenvalue weighted by atomic mass is 79.9. The van der Waals surface area contributed by atoms with Crippen LogP contribution in [0.1, 0.15) is 23.7 Å². The number of benzene rings is 1. The number of pyridine rings is 1. The fourth-order valence-corrected chi connectivity index (χ4v) is 2.59. The van der Waals surface area contributed by atoms with E-state index in [1.807, 2.05) is 19.2 Å². The highest BCUT2D eigenvalue weighted by Gasteiger charge is 2.22. The molecule has 4 nitrogen and oxygen atoms in total. The first-order chi connectivity index (χ1) is 9.76. The Kier molecular flexibility index (Phi) is 3.69. The molecule has 0 fully saturated rings. The molecule has 102 valence electrons. The van der Waals surface area contributed by atoms with Gasteiger partial charge in [-0.3, -0.25) is 4.98 Å². The van der Waals surface area contributed by atoms with E-state index in [9.17, 15) is 0 Å². The number of hydrazone groups is 1. The molecule has 0 radical (unpaired) electrons. The van der Waals surface area contributed by atoms with Crippen molar-refractivity contribution in [2.24, 2.45) is 5.10 Å². The minimum Gasteiger partial charge on any atom is -0.388 e. The Morgan fingerprint density at radius 1 is 1.25 bits per heavy atom. The molecule has 1 unspecified atom stereocenters. The quantitative estimate of drug-likeness (QED) is 0.907. The maximum absolute atomic E-state index is 4.44. The normalized spacial score (nSPS) is 17.5. The van der Waals surface area contributed by atoms with Crippen LogP contribution in [0.25, 0.3) is 0 Å². The Hall–Kier alpha value is -1.88. The van der Waals surface area contributed by atoms with Gasteiger partial charge in [0.2, 0.25) is 0 Å². The summed E-state index contributed by atoms with van der Waals surface area (Å²) >= 11 is 3.47. The molecule has 0 spiro atoms. The number of nitrogens with zero attached hydrogens (tertiary/aromatic N) is 2. The van der Waals surface area contributed by atoms with E-state index in [-0.39, 0.29) is 6.04 Å². The van der Waals surface area contributed by atoms with Crippen LogP contribution in [0.4, 0.5) is 5.69 Å². The van der Waals surface area contributed by atoms with Crippen molar-refractivity contribution in [2.75, 3.05) is 12.4 Å². The minimum absolute atomic E-state index is 0.145. The fourth-order valence-electron chi connectivity index (χ4n) is 2.23. The van der Waals surface area contributed by atoms with E-state index < -0.39 is 0 Å². The van der Waals surface area contributed by atoms with Gasteiger partial charge in [0.15, 0.2) is 0 Å². The van der Waals surface area contributed by atoms with Crippen LogP contribution in [-0.4, -0.2) is 17.7 Å². The summed E-state index contributed by atoms with van der Waals surface area (Å²) < 4.78 is 1.04. The lowest BCUT2D eigenvalue weighted by atomic mass is 10.0. The number of halogens is 1. The van der Waals surface area contributed by atoms with Crippen LogP contribution < -0.4 is 10.7 Å². The van der Waals surface area contributed by atoms with Crippen molar-refractivity contribution in [3.63, 3.8) is 0 Å². The molecule has 2 N–H and O–H groups in total. The fraction of sp³-hybridized carbons (Fsp3) is 0.200. The van der Waals surface area contributed by atoms with Gasteiger partial charge in [-0.2, -0.15) is 5.10 Å². The molecule has 1 aromatic carbocycles. The number of hydrogen-bond acceptors (Lipinski definition) is 4. The van der Waals surface area contributed by atoms with E-state index in [0.29, 0.717) is 0 Å². The van der Waals surface area contributed by atoms with E-state index in [0.717, 1.165) is 33.5 Å². The van der Waals surface area contributed by atoms with Gasteiger partial charge in [-0.1, -0.05) is 28.1 Å². The molecule has 0 saturated heterocycles. The van der Waals surface area contributed by atoms with E-state index >= 15 is 0 Å². The van der Waals surface area contributed by atoms with Crippen molar-refractivity contribution in [2.45, 2.75) is 12.5 Å². The topological polar surface area (TPSA) is 49.3 Å². The second kappa shape index (κ2) is 5.63. The zero-order chi connectivity index (χ0) is 13.9. The summed E-state index contributed by atoms with van der Waals surface area (Å²) in [7, 11) is 1.92. The van der Waals surface area contributed by atoms with Gasteiger partial charge in [0, 0.05) is 29.8 Å². The Morgan fingerprint density at radius 2 is 2.05 bits per heavy atom. The molecule has 1 aliphatic heterocycles. The molecule has 0 amide bonds. The number of anilines is 1. The second-order valence-corrected chi connectivity index (χ2v) is 5.59. The minimum atomic E-state index is 0.145. The lowest BCUT2D eigenvalue weighted by molar-refractivity contribution is 0.602. The van der Waals surface area contributed by atoms with Crippen molar-refractivity contribution in [3.8, 4) is 0 Å². The van der Waals surface area contributed by atoms with Gasteiger partial charge < -0.3 is 10.7 Å². The largest absolute Gasteiger partial charge is 0.388 e. The Balaban J connectivity index is 1.75. The third kappa shape index (κ3) is 2.67. The van der Waals surface area contributed by atoms with Crippen LogP contribution in [-0.2, 0) is 0 Å². The molecule has 0 aliphatic carbocycles. The van der Waals surface area contributed by atoms with Crippen LogP contribution in [0.2, 0.25) is 0 Å². The standard InChI is InChI=1S/C15H15BrN4/c1-17-12-4-2-10(3-5-12)13-9-15(20-19-13)14-8-11(16)6-7-18-14/h2-8,15,17,20H,9H2,1H3.